The number of benzene rings is 1. The molecule has 0 bridgehead atoms. The van der Waals surface area contributed by atoms with Crippen molar-refractivity contribution in [2.45, 2.75) is 19.9 Å². The van der Waals surface area contributed by atoms with Crippen LogP contribution in [0.1, 0.15) is 13.8 Å². The largest absolute Gasteiger partial charge is 0.490 e. The summed E-state index contributed by atoms with van der Waals surface area (Å²) in [6.45, 7) is 10.1. The molecule has 1 heterocycles. The number of likely N-dealkylation sites (N-methyl/N-ethyl adjacent to an activating group) is 1. The maximum absolute atomic E-state index is 5.98. The Morgan fingerprint density at radius 3 is 2.79 bits per heavy atom. The second kappa shape index (κ2) is 7.36. The monoisotopic (exact) mass is 263 g/mol. The van der Waals surface area contributed by atoms with Crippen LogP contribution < -0.4 is 20.3 Å². The van der Waals surface area contributed by atoms with Gasteiger partial charge < -0.3 is 20.3 Å². The van der Waals surface area contributed by atoms with Gasteiger partial charge in [0.15, 0.2) is 0 Å². The lowest BCUT2D eigenvalue weighted by molar-refractivity contribution is 0.275. The second-order valence-electron chi connectivity index (χ2n) is 4.97. The van der Waals surface area contributed by atoms with Gasteiger partial charge in [0, 0.05) is 32.2 Å². The molecule has 2 rings (SSSR count). The van der Waals surface area contributed by atoms with E-state index in [-0.39, 0.29) is 0 Å². The van der Waals surface area contributed by atoms with Crippen molar-refractivity contribution in [2.24, 2.45) is 0 Å². The Kier molecular flexibility index (Phi) is 5.48. The number of hydrogen-bond acceptors (Lipinski definition) is 4. The van der Waals surface area contributed by atoms with Gasteiger partial charge in [0.1, 0.15) is 12.4 Å². The summed E-state index contributed by atoms with van der Waals surface area (Å²) in [7, 11) is 0. The van der Waals surface area contributed by atoms with Crippen molar-refractivity contribution in [3.05, 3.63) is 24.3 Å². The molecule has 1 aromatic carbocycles. The zero-order valence-corrected chi connectivity index (χ0v) is 12.0. The standard InChI is InChI=1S/C15H25N3O/c1-3-17-13(2)12-19-15-7-5-4-6-14(15)18-10-8-16-9-11-18/h4-7,13,16-17H,3,8-12H2,1-2H3/t13-/m1/s1. The number of anilines is 1. The molecule has 4 nitrogen and oxygen atoms in total. The first-order valence-electron chi connectivity index (χ1n) is 7.22. The summed E-state index contributed by atoms with van der Waals surface area (Å²) in [6, 6.07) is 8.71. The van der Waals surface area contributed by atoms with Gasteiger partial charge in [-0.2, -0.15) is 0 Å². The summed E-state index contributed by atoms with van der Waals surface area (Å²) in [6.07, 6.45) is 0. The average molecular weight is 263 g/mol. The molecule has 0 aromatic heterocycles. The van der Waals surface area contributed by atoms with Gasteiger partial charge in [-0.3, -0.25) is 0 Å². The lowest BCUT2D eigenvalue weighted by Gasteiger charge is -2.31. The van der Waals surface area contributed by atoms with E-state index < -0.39 is 0 Å². The number of nitrogens with zero attached hydrogens (tertiary/aromatic N) is 1. The van der Waals surface area contributed by atoms with Gasteiger partial charge in [0.25, 0.3) is 0 Å². The molecule has 0 saturated carbocycles. The Balaban J connectivity index is 1.99. The molecular weight excluding hydrogens is 238 g/mol. The van der Waals surface area contributed by atoms with E-state index in [1.807, 2.05) is 6.07 Å². The molecule has 2 N–H and O–H groups in total. The van der Waals surface area contributed by atoms with E-state index in [0.717, 1.165) is 38.5 Å². The summed E-state index contributed by atoms with van der Waals surface area (Å²) in [5.41, 5.74) is 1.22. The molecule has 19 heavy (non-hydrogen) atoms. The zero-order chi connectivity index (χ0) is 13.5. The number of hydrogen-bond donors (Lipinski definition) is 2. The molecule has 0 unspecified atom stereocenters. The first-order chi connectivity index (χ1) is 9.31. The minimum Gasteiger partial charge on any atom is -0.490 e. The maximum Gasteiger partial charge on any atom is 0.142 e. The predicted molar refractivity (Wildman–Crippen MR) is 80.2 cm³/mol. The molecular formula is C15H25N3O. The molecule has 4 heteroatoms. The Labute approximate surface area is 116 Å². The summed E-state index contributed by atoms with van der Waals surface area (Å²) in [4.78, 5) is 2.39. The van der Waals surface area contributed by atoms with Crippen molar-refractivity contribution in [3.8, 4) is 5.75 Å². The zero-order valence-electron chi connectivity index (χ0n) is 12.0. The third-order valence-electron chi connectivity index (χ3n) is 3.36. The first kappa shape index (κ1) is 14.2. The van der Waals surface area contributed by atoms with Gasteiger partial charge >= 0.3 is 0 Å². The van der Waals surface area contributed by atoms with Crippen molar-refractivity contribution in [1.29, 1.82) is 0 Å². The highest BCUT2D eigenvalue weighted by molar-refractivity contribution is 5.58. The number of nitrogens with one attached hydrogen (secondary N) is 2. The minimum atomic E-state index is 0.376. The molecule has 1 aliphatic rings. The third kappa shape index (κ3) is 4.11. The molecule has 0 radical (unpaired) electrons. The van der Waals surface area contributed by atoms with Crippen molar-refractivity contribution < 1.29 is 4.74 Å². The summed E-state index contributed by atoms with van der Waals surface area (Å²) < 4.78 is 5.98. The molecule has 1 fully saturated rings. The Morgan fingerprint density at radius 1 is 1.32 bits per heavy atom. The van der Waals surface area contributed by atoms with E-state index in [4.69, 9.17) is 4.74 Å². The van der Waals surface area contributed by atoms with Gasteiger partial charge in [-0.25, -0.2) is 0 Å². The maximum atomic E-state index is 5.98. The van der Waals surface area contributed by atoms with Gasteiger partial charge in [-0.1, -0.05) is 19.1 Å². The van der Waals surface area contributed by atoms with Gasteiger partial charge in [-0.05, 0) is 25.6 Å². The highest BCUT2D eigenvalue weighted by atomic mass is 16.5. The molecule has 1 aromatic rings. The number of piperazine rings is 1. The highest BCUT2D eigenvalue weighted by Crippen LogP contribution is 2.28. The van der Waals surface area contributed by atoms with Crippen LogP contribution >= 0.6 is 0 Å². The Bertz CT molecular complexity index is 377. The third-order valence-corrected chi connectivity index (χ3v) is 3.36. The molecule has 1 atom stereocenters. The van der Waals surface area contributed by atoms with Crippen LogP contribution in [0, 0.1) is 0 Å². The van der Waals surface area contributed by atoms with Crippen molar-refractivity contribution in [2.75, 3.05) is 44.2 Å². The van der Waals surface area contributed by atoms with Gasteiger partial charge in [-0.15, -0.1) is 0 Å². The quantitative estimate of drug-likeness (QED) is 0.815. The SMILES string of the molecule is CCN[C@H](C)COc1ccccc1N1CCNCC1. The van der Waals surface area contributed by atoms with Gasteiger partial charge in [0.2, 0.25) is 0 Å². The molecule has 0 spiro atoms. The summed E-state index contributed by atoms with van der Waals surface area (Å²) in [5.74, 6) is 0.995. The highest BCUT2D eigenvalue weighted by Gasteiger charge is 2.14. The Hall–Kier alpha value is -1.26. The average Bonchev–Trinajstić information content (AvgIpc) is 2.47. The molecule has 1 aliphatic heterocycles. The van der Waals surface area contributed by atoms with Crippen molar-refractivity contribution in [3.63, 3.8) is 0 Å². The van der Waals surface area contributed by atoms with Crippen LogP contribution in [0.3, 0.4) is 0 Å². The van der Waals surface area contributed by atoms with E-state index in [1.54, 1.807) is 0 Å². The number of para-hydroxylation sites is 2. The lowest BCUT2D eigenvalue weighted by atomic mass is 10.2. The fraction of sp³-hybridized carbons (Fsp3) is 0.600. The van der Waals surface area contributed by atoms with Crippen LogP contribution in [-0.2, 0) is 0 Å². The molecule has 0 amide bonds. The van der Waals surface area contributed by atoms with E-state index in [0.29, 0.717) is 12.6 Å². The molecule has 1 saturated heterocycles. The normalized spacial score (nSPS) is 17.3. The fourth-order valence-electron chi connectivity index (χ4n) is 2.37. The molecule has 106 valence electrons. The predicted octanol–water partition coefficient (Wildman–Crippen LogP) is 1.47. The second-order valence-corrected chi connectivity index (χ2v) is 4.97. The van der Waals surface area contributed by atoms with Crippen LogP contribution in [0.15, 0.2) is 24.3 Å². The van der Waals surface area contributed by atoms with E-state index in [9.17, 15) is 0 Å². The van der Waals surface area contributed by atoms with Crippen LogP contribution in [0.4, 0.5) is 5.69 Å². The number of ether oxygens (including phenoxy) is 1. The lowest BCUT2D eigenvalue weighted by Crippen LogP contribution is -2.43. The molecule has 0 aliphatic carbocycles. The van der Waals surface area contributed by atoms with Crippen LogP contribution in [0.2, 0.25) is 0 Å². The summed E-state index contributed by atoms with van der Waals surface area (Å²) >= 11 is 0. The van der Waals surface area contributed by atoms with E-state index in [2.05, 4.69) is 47.6 Å². The number of rotatable bonds is 6. The minimum absolute atomic E-state index is 0.376. The summed E-state index contributed by atoms with van der Waals surface area (Å²) in [5, 5.41) is 6.74. The van der Waals surface area contributed by atoms with E-state index >= 15 is 0 Å². The van der Waals surface area contributed by atoms with Gasteiger partial charge in [0.05, 0.1) is 5.69 Å². The van der Waals surface area contributed by atoms with Crippen LogP contribution in [-0.4, -0.2) is 45.4 Å². The van der Waals surface area contributed by atoms with Crippen LogP contribution in [0.25, 0.3) is 0 Å². The fourth-order valence-corrected chi connectivity index (χ4v) is 2.37. The van der Waals surface area contributed by atoms with E-state index in [1.165, 1.54) is 5.69 Å². The van der Waals surface area contributed by atoms with Crippen LogP contribution in [0.5, 0.6) is 5.75 Å². The first-order valence-corrected chi connectivity index (χ1v) is 7.22. The smallest absolute Gasteiger partial charge is 0.142 e. The van der Waals surface area contributed by atoms with Crippen molar-refractivity contribution in [1.82, 2.24) is 10.6 Å². The van der Waals surface area contributed by atoms with Crippen molar-refractivity contribution >= 4 is 5.69 Å². The topological polar surface area (TPSA) is 36.5 Å². The Morgan fingerprint density at radius 2 is 2.05 bits per heavy atom.